The van der Waals surface area contributed by atoms with E-state index in [0.717, 1.165) is 28.2 Å². The van der Waals surface area contributed by atoms with Gasteiger partial charge in [-0.15, -0.1) is 11.3 Å². The summed E-state index contributed by atoms with van der Waals surface area (Å²) in [7, 11) is 2.07. The van der Waals surface area contributed by atoms with Gasteiger partial charge in [-0.2, -0.15) is 0 Å². The number of carbonyl (C=O) groups excluding carboxylic acids is 1. The van der Waals surface area contributed by atoms with Crippen LogP contribution < -0.4 is 5.32 Å². The van der Waals surface area contributed by atoms with Gasteiger partial charge in [0.25, 0.3) is 0 Å². The monoisotopic (exact) mass is 397 g/mol. The van der Waals surface area contributed by atoms with Gasteiger partial charge >= 0.3 is 0 Å². The molecule has 1 amide bonds. The lowest BCUT2D eigenvalue weighted by molar-refractivity contribution is -0.113. The highest BCUT2D eigenvalue weighted by molar-refractivity contribution is 8.23. The van der Waals surface area contributed by atoms with Gasteiger partial charge in [-0.3, -0.25) is 4.79 Å². The summed E-state index contributed by atoms with van der Waals surface area (Å²) in [6.45, 7) is 2.28. The average molecular weight is 398 g/mol. The van der Waals surface area contributed by atoms with Crippen molar-refractivity contribution in [1.82, 2.24) is 9.88 Å². The van der Waals surface area contributed by atoms with Crippen molar-refractivity contribution in [1.29, 1.82) is 0 Å². The first-order chi connectivity index (χ1) is 12.0. The normalized spacial score (nSPS) is 20.8. The SMILES string of the molecule is C[C@@H]1CCc2nc(NC(=O)CSC(=S)N(C)C3CCCCC3)sc2C1. The van der Waals surface area contributed by atoms with E-state index in [1.165, 1.54) is 60.9 Å². The Kier molecular flexibility index (Phi) is 6.74. The molecule has 25 heavy (non-hydrogen) atoms. The van der Waals surface area contributed by atoms with Crippen LogP contribution in [0.25, 0.3) is 0 Å². The third-order valence-corrected chi connectivity index (χ3v) is 7.79. The van der Waals surface area contributed by atoms with Gasteiger partial charge in [0.15, 0.2) is 5.13 Å². The molecule has 0 saturated heterocycles. The van der Waals surface area contributed by atoms with Crippen LogP contribution in [0.1, 0.15) is 56.0 Å². The molecule has 138 valence electrons. The summed E-state index contributed by atoms with van der Waals surface area (Å²) in [6, 6.07) is 0.546. The van der Waals surface area contributed by atoms with Crippen molar-refractivity contribution < 1.29 is 4.79 Å². The molecule has 2 aliphatic rings. The van der Waals surface area contributed by atoms with Gasteiger partial charge in [0.05, 0.1) is 11.4 Å². The maximum atomic E-state index is 12.2. The maximum Gasteiger partial charge on any atom is 0.236 e. The minimum absolute atomic E-state index is 0.0106. The molecule has 0 aliphatic heterocycles. The quantitative estimate of drug-likeness (QED) is 0.759. The predicted octanol–water partition coefficient (Wildman–Crippen LogP) is 4.49. The van der Waals surface area contributed by atoms with E-state index in [1.54, 1.807) is 11.3 Å². The van der Waals surface area contributed by atoms with Gasteiger partial charge in [0, 0.05) is 18.0 Å². The van der Waals surface area contributed by atoms with E-state index in [0.29, 0.717) is 11.8 Å². The largest absolute Gasteiger partial charge is 0.358 e. The van der Waals surface area contributed by atoms with Crippen molar-refractivity contribution in [3.63, 3.8) is 0 Å². The fourth-order valence-corrected chi connectivity index (χ4v) is 5.79. The Bertz CT molecular complexity index is 625. The number of aromatic nitrogens is 1. The fourth-order valence-electron chi connectivity index (χ4n) is 3.60. The molecular weight excluding hydrogens is 370 g/mol. The van der Waals surface area contributed by atoms with Crippen molar-refractivity contribution >= 4 is 50.7 Å². The molecule has 0 bridgehead atoms. The van der Waals surface area contributed by atoms with Crippen LogP contribution in [0, 0.1) is 5.92 Å². The van der Waals surface area contributed by atoms with E-state index in [2.05, 4.69) is 29.2 Å². The maximum absolute atomic E-state index is 12.2. The number of thioether (sulfide) groups is 1. The number of fused-ring (bicyclic) bond motifs is 1. The number of nitrogens with zero attached hydrogens (tertiary/aromatic N) is 2. The molecule has 1 heterocycles. The predicted molar refractivity (Wildman–Crippen MR) is 112 cm³/mol. The first-order valence-electron chi connectivity index (χ1n) is 9.21. The zero-order valence-electron chi connectivity index (χ0n) is 15.0. The van der Waals surface area contributed by atoms with Crippen molar-refractivity contribution in [3.8, 4) is 0 Å². The van der Waals surface area contributed by atoms with Crippen LogP contribution in [-0.4, -0.2) is 39.0 Å². The van der Waals surface area contributed by atoms with Crippen LogP contribution in [0.15, 0.2) is 0 Å². The molecule has 1 atom stereocenters. The molecule has 7 heteroatoms. The third kappa shape index (κ3) is 5.17. The van der Waals surface area contributed by atoms with Crippen LogP contribution in [0.5, 0.6) is 0 Å². The molecule has 1 aromatic heterocycles. The number of hydrogen-bond acceptors (Lipinski definition) is 5. The number of amides is 1. The van der Waals surface area contributed by atoms with Gasteiger partial charge in [-0.25, -0.2) is 4.98 Å². The molecule has 1 N–H and O–H groups in total. The lowest BCUT2D eigenvalue weighted by Crippen LogP contribution is -2.36. The Balaban J connectivity index is 1.45. The molecule has 0 aromatic carbocycles. The molecule has 1 aromatic rings. The lowest BCUT2D eigenvalue weighted by Gasteiger charge is -2.32. The van der Waals surface area contributed by atoms with Crippen molar-refractivity contribution in [2.75, 3.05) is 18.1 Å². The van der Waals surface area contributed by atoms with Crippen molar-refractivity contribution in [2.45, 2.75) is 64.3 Å². The van der Waals surface area contributed by atoms with E-state index in [9.17, 15) is 4.79 Å². The topological polar surface area (TPSA) is 45.2 Å². The number of carbonyl (C=O) groups is 1. The van der Waals surface area contributed by atoms with Crippen LogP contribution in [0.3, 0.4) is 0 Å². The summed E-state index contributed by atoms with van der Waals surface area (Å²) in [5.41, 5.74) is 1.18. The minimum Gasteiger partial charge on any atom is -0.358 e. The van der Waals surface area contributed by atoms with Gasteiger partial charge in [0.1, 0.15) is 4.32 Å². The van der Waals surface area contributed by atoms with Crippen LogP contribution in [-0.2, 0) is 17.6 Å². The van der Waals surface area contributed by atoms with Gasteiger partial charge in [-0.1, -0.05) is 50.2 Å². The van der Waals surface area contributed by atoms with Crippen LogP contribution in [0.4, 0.5) is 5.13 Å². The molecule has 4 nitrogen and oxygen atoms in total. The molecule has 0 unspecified atom stereocenters. The Morgan fingerprint density at radius 2 is 2.12 bits per heavy atom. The van der Waals surface area contributed by atoms with Crippen LogP contribution in [0.2, 0.25) is 0 Å². The molecule has 0 radical (unpaired) electrons. The van der Waals surface area contributed by atoms with E-state index < -0.39 is 0 Å². The van der Waals surface area contributed by atoms with E-state index >= 15 is 0 Å². The molecule has 2 aliphatic carbocycles. The first kappa shape index (κ1) is 19.1. The lowest BCUT2D eigenvalue weighted by atomic mass is 9.93. The second-order valence-corrected chi connectivity index (χ2v) is 9.94. The highest BCUT2D eigenvalue weighted by atomic mass is 32.2. The highest BCUT2D eigenvalue weighted by Gasteiger charge is 2.22. The average Bonchev–Trinajstić information content (AvgIpc) is 3.01. The van der Waals surface area contributed by atoms with E-state index in [4.69, 9.17) is 12.2 Å². The number of anilines is 1. The highest BCUT2D eigenvalue weighted by Crippen LogP contribution is 2.32. The Hall–Kier alpha value is -0.660. The number of hydrogen-bond donors (Lipinski definition) is 1. The Morgan fingerprint density at radius 3 is 2.88 bits per heavy atom. The van der Waals surface area contributed by atoms with E-state index in [1.807, 2.05) is 0 Å². The number of aryl methyl sites for hydroxylation is 1. The van der Waals surface area contributed by atoms with E-state index in [-0.39, 0.29) is 5.91 Å². The van der Waals surface area contributed by atoms with Crippen molar-refractivity contribution in [2.24, 2.45) is 5.92 Å². The van der Waals surface area contributed by atoms with Crippen molar-refractivity contribution in [3.05, 3.63) is 10.6 Å². The number of rotatable bonds is 4. The molecule has 3 rings (SSSR count). The molecular formula is C18H27N3OS3. The minimum atomic E-state index is -0.0106. The Morgan fingerprint density at radius 1 is 1.36 bits per heavy atom. The number of thiazole rings is 1. The molecule has 1 saturated carbocycles. The Labute approximate surface area is 164 Å². The summed E-state index contributed by atoms with van der Waals surface area (Å²) in [5, 5.41) is 3.70. The van der Waals surface area contributed by atoms with Gasteiger partial charge < -0.3 is 10.2 Å². The molecule has 0 spiro atoms. The molecule has 1 fully saturated rings. The summed E-state index contributed by atoms with van der Waals surface area (Å²) < 4.78 is 0.828. The third-order valence-electron chi connectivity index (χ3n) is 5.17. The number of thiocarbonyl (C=S) groups is 1. The van der Waals surface area contributed by atoms with Crippen LogP contribution >= 0.6 is 35.3 Å². The first-order valence-corrected chi connectivity index (χ1v) is 11.4. The standard InChI is InChI=1S/C18H27N3OS3/c1-12-8-9-14-15(10-12)25-17(19-14)20-16(22)11-24-18(23)21(2)13-6-4-3-5-7-13/h12-13H,3-11H2,1-2H3,(H,19,20,22)/t12-/m1/s1. The zero-order valence-corrected chi connectivity index (χ0v) is 17.5. The summed E-state index contributed by atoms with van der Waals surface area (Å²) in [4.78, 5) is 20.4. The fraction of sp³-hybridized carbons (Fsp3) is 0.722. The number of nitrogens with one attached hydrogen (secondary N) is 1. The van der Waals surface area contributed by atoms with Gasteiger partial charge in [-0.05, 0) is 38.0 Å². The second kappa shape index (κ2) is 8.82. The summed E-state index contributed by atoms with van der Waals surface area (Å²) >= 11 is 8.62. The smallest absolute Gasteiger partial charge is 0.236 e. The summed E-state index contributed by atoms with van der Waals surface area (Å²) in [6.07, 6.45) is 9.66. The van der Waals surface area contributed by atoms with Gasteiger partial charge in [0.2, 0.25) is 5.91 Å². The second-order valence-electron chi connectivity index (χ2n) is 7.24. The zero-order chi connectivity index (χ0) is 17.8. The summed E-state index contributed by atoms with van der Waals surface area (Å²) in [5.74, 6) is 1.07.